The molecule has 2 N–H and O–H groups in total. The van der Waals surface area contributed by atoms with Crippen LogP contribution in [0.3, 0.4) is 0 Å². The Morgan fingerprint density at radius 1 is 1.04 bits per heavy atom. The molecule has 0 fully saturated rings. The van der Waals surface area contributed by atoms with Crippen LogP contribution in [0.4, 0.5) is 10.5 Å². The van der Waals surface area contributed by atoms with E-state index in [0.29, 0.717) is 5.69 Å². The summed E-state index contributed by atoms with van der Waals surface area (Å²) in [5, 5.41) is 5.31. The molecule has 0 heterocycles. The molecule has 2 rings (SSSR count). The lowest BCUT2D eigenvalue weighted by atomic mass is 10.2. The van der Waals surface area contributed by atoms with Gasteiger partial charge in [0.05, 0.1) is 6.54 Å². The van der Waals surface area contributed by atoms with E-state index in [1.807, 2.05) is 30.3 Å². The van der Waals surface area contributed by atoms with E-state index in [2.05, 4.69) is 22.5 Å². The molecule has 0 aliphatic carbocycles. The number of hydrogen-bond acceptors (Lipinski definition) is 3. The summed E-state index contributed by atoms with van der Waals surface area (Å²) in [4.78, 5) is 23.0. The van der Waals surface area contributed by atoms with E-state index in [9.17, 15) is 9.59 Å². The third-order valence-electron chi connectivity index (χ3n) is 3.26. The molecule has 0 bridgehead atoms. The Morgan fingerprint density at radius 3 is 2.46 bits per heavy atom. The molecule has 0 unspecified atom stereocenters. The highest BCUT2D eigenvalue weighted by molar-refractivity contribution is 6.19. The zero-order chi connectivity index (χ0) is 18.6. The number of carbonyl (C=O) groups excluding carboxylic acids is 2. The van der Waals surface area contributed by atoms with Crippen molar-refractivity contribution < 1.29 is 14.3 Å². The van der Waals surface area contributed by atoms with Gasteiger partial charge in [0.1, 0.15) is 6.61 Å². The molecule has 26 heavy (non-hydrogen) atoms. The third-order valence-corrected chi connectivity index (χ3v) is 3.45. The molecule has 0 aliphatic rings. The molecule has 6 heteroatoms. The monoisotopic (exact) mass is 370 g/mol. The van der Waals surface area contributed by atoms with Gasteiger partial charge >= 0.3 is 6.09 Å². The van der Waals surface area contributed by atoms with E-state index in [1.165, 1.54) is 0 Å². The second-order valence-corrected chi connectivity index (χ2v) is 5.66. The zero-order valence-electron chi connectivity index (χ0n) is 14.1. The van der Waals surface area contributed by atoms with Gasteiger partial charge in [-0.1, -0.05) is 42.2 Å². The molecule has 0 aromatic heterocycles. The topological polar surface area (TPSA) is 67.4 Å². The average Bonchev–Trinajstić information content (AvgIpc) is 2.66. The van der Waals surface area contributed by atoms with Gasteiger partial charge in [0, 0.05) is 23.6 Å². The van der Waals surface area contributed by atoms with E-state index < -0.39 is 6.09 Å². The number of hydrogen-bond donors (Lipinski definition) is 2. The Labute approximate surface area is 157 Å². The van der Waals surface area contributed by atoms with E-state index >= 15 is 0 Å². The highest BCUT2D eigenvalue weighted by Crippen LogP contribution is 2.09. The summed E-state index contributed by atoms with van der Waals surface area (Å²) in [5.74, 6) is 5.93. The molecular weight excluding hydrogens is 352 g/mol. The number of alkyl carbamates (subject to hydrolysis) is 1. The maximum Gasteiger partial charge on any atom is 0.408 e. The maximum absolute atomic E-state index is 11.6. The van der Waals surface area contributed by atoms with Gasteiger partial charge in [-0.2, -0.15) is 0 Å². The van der Waals surface area contributed by atoms with Crippen molar-refractivity contribution in [3.8, 4) is 11.8 Å². The summed E-state index contributed by atoms with van der Waals surface area (Å²) >= 11 is 5.51. The van der Waals surface area contributed by atoms with Crippen molar-refractivity contribution in [1.29, 1.82) is 0 Å². The number of anilines is 1. The van der Waals surface area contributed by atoms with Gasteiger partial charge < -0.3 is 15.4 Å². The lowest BCUT2D eigenvalue weighted by Crippen LogP contribution is -2.24. The minimum absolute atomic E-state index is 0.128. The lowest BCUT2D eigenvalue weighted by Gasteiger charge is -2.04. The third kappa shape index (κ3) is 7.29. The van der Waals surface area contributed by atoms with E-state index in [1.54, 1.807) is 24.3 Å². The quantitative estimate of drug-likeness (QED) is 0.603. The maximum atomic E-state index is 11.6. The second kappa shape index (κ2) is 10.8. The van der Waals surface area contributed by atoms with Crippen LogP contribution in [0, 0.1) is 11.8 Å². The van der Waals surface area contributed by atoms with Gasteiger partial charge in [0.25, 0.3) is 0 Å². The van der Waals surface area contributed by atoms with Gasteiger partial charge in [-0.15, -0.1) is 11.6 Å². The van der Waals surface area contributed by atoms with E-state index in [-0.39, 0.29) is 31.4 Å². The SMILES string of the molecule is O=C(CCCl)Nc1ccc(C#CCNC(=O)OCc2ccccc2)cc1. The average molecular weight is 371 g/mol. The first-order valence-corrected chi connectivity index (χ1v) is 8.60. The smallest absolute Gasteiger partial charge is 0.408 e. The molecule has 2 aromatic carbocycles. The summed E-state index contributed by atoms with van der Waals surface area (Å²) in [6, 6.07) is 16.5. The van der Waals surface area contributed by atoms with Crippen molar-refractivity contribution in [2.75, 3.05) is 17.7 Å². The van der Waals surface area contributed by atoms with Crippen molar-refractivity contribution in [3.05, 3.63) is 65.7 Å². The molecule has 0 atom stereocenters. The molecule has 0 radical (unpaired) electrons. The van der Waals surface area contributed by atoms with Crippen LogP contribution >= 0.6 is 11.6 Å². The summed E-state index contributed by atoms with van der Waals surface area (Å²) in [6.07, 6.45) is -0.240. The molecule has 0 saturated heterocycles. The number of ether oxygens (including phenoxy) is 1. The number of halogens is 1. The van der Waals surface area contributed by atoms with Gasteiger partial charge in [-0.3, -0.25) is 4.79 Å². The van der Waals surface area contributed by atoms with Crippen LogP contribution in [0.15, 0.2) is 54.6 Å². The fourth-order valence-electron chi connectivity index (χ4n) is 1.98. The Hall–Kier alpha value is -2.97. The standard InChI is InChI=1S/C20H19ClN2O3/c21-13-12-19(24)23-18-10-8-16(9-11-18)7-4-14-22-20(25)26-15-17-5-2-1-3-6-17/h1-3,5-6,8-11H,12-15H2,(H,22,25)(H,23,24). The fourth-order valence-corrected chi connectivity index (χ4v) is 2.15. The van der Waals surface area contributed by atoms with Gasteiger partial charge in [-0.05, 0) is 29.8 Å². The number of amides is 2. The van der Waals surface area contributed by atoms with Crippen molar-refractivity contribution in [2.45, 2.75) is 13.0 Å². The summed E-state index contributed by atoms with van der Waals surface area (Å²) < 4.78 is 5.09. The Bertz CT molecular complexity index is 780. The Balaban J connectivity index is 1.72. The summed E-state index contributed by atoms with van der Waals surface area (Å²) in [6.45, 7) is 0.402. The molecule has 0 saturated carbocycles. The van der Waals surface area contributed by atoms with Crippen LogP contribution < -0.4 is 10.6 Å². The van der Waals surface area contributed by atoms with Crippen LogP contribution in [0.5, 0.6) is 0 Å². The van der Waals surface area contributed by atoms with Crippen LogP contribution in [-0.4, -0.2) is 24.4 Å². The predicted octanol–water partition coefficient (Wildman–Crippen LogP) is 3.53. The molecule has 2 aromatic rings. The molecular formula is C20H19ClN2O3. The fraction of sp³-hybridized carbons (Fsp3) is 0.200. The van der Waals surface area contributed by atoms with Gasteiger partial charge in [0.2, 0.25) is 5.91 Å². The first-order chi connectivity index (χ1) is 12.7. The van der Waals surface area contributed by atoms with Crippen molar-refractivity contribution in [2.24, 2.45) is 0 Å². The van der Waals surface area contributed by atoms with Crippen LogP contribution in [-0.2, 0) is 16.1 Å². The molecule has 5 nitrogen and oxygen atoms in total. The first kappa shape index (κ1) is 19.4. The first-order valence-electron chi connectivity index (χ1n) is 8.06. The number of alkyl halides is 1. The number of rotatable bonds is 6. The molecule has 0 aliphatic heterocycles. The van der Waals surface area contributed by atoms with E-state index in [4.69, 9.17) is 16.3 Å². The van der Waals surface area contributed by atoms with Gasteiger partial charge in [0.15, 0.2) is 0 Å². The Kier molecular flexibility index (Phi) is 8.04. The normalized spacial score (nSPS) is 9.58. The predicted molar refractivity (Wildman–Crippen MR) is 102 cm³/mol. The minimum atomic E-state index is -0.513. The van der Waals surface area contributed by atoms with Gasteiger partial charge in [-0.25, -0.2) is 4.79 Å². The van der Waals surface area contributed by atoms with Crippen molar-refractivity contribution >= 4 is 29.3 Å². The van der Waals surface area contributed by atoms with E-state index in [0.717, 1.165) is 11.1 Å². The number of benzene rings is 2. The highest BCUT2D eigenvalue weighted by atomic mass is 35.5. The van der Waals surface area contributed by atoms with Crippen molar-refractivity contribution in [1.82, 2.24) is 5.32 Å². The molecule has 2 amide bonds. The minimum Gasteiger partial charge on any atom is -0.445 e. The Morgan fingerprint density at radius 2 is 1.77 bits per heavy atom. The number of nitrogens with one attached hydrogen (secondary N) is 2. The number of carbonyl (C=O) groups is 2. The molecule has 134 valence electrons. The van der Waals surface area contributed by atoms with Crippen molar-refractivity contribution in [3.63, 3.8) is 0 Å². The summed E-state index contributed by atoms with van der Waals surface area (Å²) in [5.41, 5.74) is 2.39. The summed E-state index contributed by atoms with van der Waals surface area (Å²) in [7, 11) is 0. The second-order valence-electron chi connectivity index (χ2n) is 5.28. The van der Waals surface area contributed by atoms with Crippen LogP contribution in [0.25, 0.3) is 0 Å². The lowest BCUT2D eigenvalue weighted by molar-refractivity contribution is -0.115. The zero-order valence-corrected chi connectivity index (χ0v) is 14.9. The molecule has 0 spiro atoms. The van der Waals surface area contributed by atoms with Crippen LogP contribution in [0.1, 0.15) is 17.5 Å². The highest BCUT2D eigenvalue weighted by Gasteiger charge is 2.01. The van der Waals surface area contributed by atoms with Crippen LogP contribution in [0.2, 0.25) is 0 Å². The largest absolute Gasteiger partial charge is 0.445 e.